The molecule has 4 rings (SSSR count). The van der Waals surface area contributed by atoms with Crippen molar-refractivity contribution < 1.29 is 9.21 Å². The van der Waals surface area contributed by atoms with E-state index in [4.69, 9.17) is 16.0 Å². The molecule has 1 N–H and O–H groups in total. The van der Waals surface area contributed by atoms with Gasteiger partial charge >= 0.3 is 0 Å². The van der Waals surface area contributed by atoms with E-state index in [0.29, 0.717) is 28.1 Å². The summed E-state index contributed by atoms with van der Waals surface area (Å²) in [4.78, 5) is 17.4. The fraction of sp³-hybridized carbons (Fsp3) is 0.231. The summed E-state index contributed by atoms with van der Waals surface area (Å²) in [5, 5.41) is 3.36. The van der Waals surface area contributed by atoms with E-state index in [2.05, 4.69) is 36.3 Å². The number of hydrogen-bond acceptors (Lipinski definition) is 3. The number of aromatic nitrogens is 1. The van der Waals surface area contributed by atoms with Crippen molar-refractivity contribution in [2.45, 2.75) is 40.0 Å². The number of fused-ring (bicyclic) bond motifs is 1. The topological polar surface area (TPSA) is 55.1 Å². The van der Waals surface area contributed by atoms with Gasteiger partial charge in [-0.3, -0.25) is 4.79 Å². The largest absolute Gasteiger partial charge is 0.436 e. The Bertz CT molecular complexity index is 1280. The van der Waals surface area contributed by atoms with Crippen molar-refractivity contribution in [3.8, 4) is 11.5 Å². The zero-order valence-corrected chi connectivity index (χ0v) is 18.9. The molecule has 0 fully saturated rings. The Morgan fingerprint density at radius 2 is 1.87 bits per heavy atom. The molecule has 0 saturated carbocycles. The number of aryl methyl sites for hydroxylation is 2. The molecular formula is C26H25ClN2O2. The van der Waals surface area contributed by atoms with Crippen LogP contribution >= 0.6 is 11.6 Å². The van der Waals surface area contributed by atoms with Crippen LogP contribution in [-0.4, -0.2) is 10.9 Å². The van der Waals surface area contributed by atoms with Crippen LogP contribution in [0.5, 0.6) is 0 Å². The lowest BCUT2D eigenvalue weighted by Gasteiger charge is -2.10. The first kappa shape index (κ1) is 21.1. The third-order valence-corrected chi connectivity index (χ3v) is 6.15. The smallest absolute Gasteiger partial charge is 0.255 e. The minimum absolute atomic E-state index is 0.210. The Morgan fingerprint density at radius 1 is 1.06 bits per heavy atom. The average molecular weight is 433 g/mol. The molecule has 1 heterocycles. The summed E-state index contributed by atoms with van der Waals surface area (Å²) in [6.45, 7) is 8.37. The number of benzene rings is 3. The van der Waals surface area contributed by atoms with Crippen LogP contribution in [0.1, 0.15) is 53.2 Å². The number of rotatable bonds is 5. The van der Waals surface area contributed by atoms with Gasteiger partial charge in [-0.1, -0.05) is 37.6 Å². The van der Waals surface area contributed by atoms with Crippen LogP contribution in [0.25, 0.3) is 22.6 Å². The van der Waals surface area contributed by atoms with E-state index >= 15 is 0 Å². The molecule has 0 aliphatic carbocycles. The maximum atomic E-state index is 12.7. The number of halogens is 1. The molecule has 1 amide bonds. The first-order valence-corrected chi connectivity index (χ1v) is 10.8. The Balaban J connectivity index is 1.64. The van der Waals surface area contributed by atoms with Crippen molar-refractivity contribution in [1.82, 2.24) is 4.98 Å². The van der Waals surface area contributed by atoms with Crippen molar-refractivity contribution in [3.05, 3.63) is 81.9 Å². The molecule has 31 heavy (non-hydrogen) atoms. The molecule has 158 valence electrons. The lowest BCUT2D eigenvalue weighted by Crippen LogP contribution is -2.12. The normalized spacial score (nSPS) is 12.2. The molecule has 1 atom stereocenters. The van der Waals surface area contributed by atoms with Crippen molar-refractivity contribution >= 4 is 34.3 Å². The molecule has 0 unspecified atom stereocenters. The maximum absolute atomic E-state index is 12.7. The predicted octanol–water partition coefficient (Wildman–Crippen LogP) is 7.53. The highest BCUT2D eigenvalue weighted by Gasteiger charge is 2.14. The lowest BCUT2D eigenvalue weighted by atomic mass is 9.98. The molecule has 0 saturated heterocycles. The van der Waals surface area contributed by atoms with Crippen LogP contribution < -0.4 is 5.32 Å². The minimum Gasteiger partial charge on any atom is -0.436 e. The van der Waals surface area contributed by atoms with E-state index in [1.54, 1.807) is 12.1 Å². The summed E-state index contributed by atoms with van der Waals surface area (Å²) in [7, 11) is 0. The zero-order valence-electron chi connectivity index (χ0n) is 18.1. The summed E-state index contributed by atoms with van der Waals surface area (Å²) in [6.07, 6.45) is 1.07. The van der Waals surface area contributed by atoms with Gasteiger partial charge in [-0.2, -0.15) is 0 Å². The van der Waals surface area contributed by atoms with Gasteiger partial charge in [0.05, 0.1) is 10.7 Å². The standard InChI is InChI=1S/C26H25ClN2O2/c1-5-15(2)18-9-11-24-23(13-18)29-26(31-24)20-8-10-21(27)22(14-20)28-25(30)19-7-6-16(3)17(4)12-19/h6-15H,5H2,1-4H3,(H,28,30)/t15-/m0/s1. The summed E-state index contributed by atoms with van der Waals surface area (Å²) >= 11 is 6.36. The quantitative estimate of drug-likeness (QED) is 0.354. The van der Waals surface area contributed by atoms with Crippen LogP contribution in [0.4, 0.5) is 5.69 Å². The van der Waals surface area contributed by atoms with Crippen molar-refractivity contribution in [2.75, 3.05) is 5.32 Å². The van der Waals surface area contributed by atoms with E-state index in [0.717, 1.165) is 34.2 Å². The molecule has 3 aromatic carbocycles. The van der Waals surface area contributed by atoms with Crippen molar-refractivity contribution in [3.63, 3.8) is 0 Å². The second kappa shape index (κ2) is 8.56. The van der Waals surface area contributed by atoms with E-state index < -0.39 is 0 Å². The number of anilines is 1. The highest BCUT2D eigenvalue weighted by atomic mass is 35.5. The van der Waals surface area contributed by atoms with E-state index in [1.807, 2.05) is 44.2 Å². The second-order valence-corrected chi connectivity index (χ2v) is 8.41. The van der Waals surface area contributed by atoms with Gasteiger partial charge in [0.2, 0.25) is 5.89 Å². The Kier molecular flexibility index (Phi) is 5.84. The first-order valence-electron chi connectivity index (χ1n) is 10.4. The van der Waals surface area contributed by atoms with Crippen LogP contribution in [-0.2, 0) is 0 Å². The molecule has 0 radical (unpaired) electrons. The molecule has 0 aliphatic heterocycles. The highest BCUT2D eigenvalue weighted by Crippen LogP contribution is 2.32. The number of carbonyl (C=O) groups is 1. The molecule has 0 spiro atoms. The van der Waals surface area contributed by atoms with Gasteiger partial charge in [0.25, 0.3) is 5.91 Å². The summed E-state index contributed by atoms with van der Waals surface area (Å²) < 4.78 is 5.97. The van der Waals surface area contributed by atoms with Gasteiger partial charge < -0.3 is 9.73 Å². The number of hydrogen-bond donors (Lipinski definition) is 1. The van der Waals surface area contributed by atoms with Crippen LogP contribution in [0.2, 0.25) is 5.02 Å². The Hall–Kier alpha value is -3.11. The van der Waals surface area contributed by atoms with Gasteiger partial charge in [0.1, 0.15) is 5.52 Å². The van der Waals surface area contributed by atoms with Gasteiger partial charge in [-0.25, -0.2) is 4.98 Å². The minimum atomic E-state index is -0.210. The molecule has 4 nitrogen and oxygen atoms in total. The van der Waals surface area contributed by atoms with Crippen molar-refractivity contribution in [1.29, 1.82) is 0 Å². The van der Waals surface area contributed by atoms with E-state index in [-0.39, 0.29) is 5.91 Å². The van der Waals surface area contributed by atoms with Gasteiger partial charge in [-0.15, -0.1) is 0 Å². The van der Waals surface area contributed by atoms with Crippen LogP contribution in [0.15, 0.2) is 59.0 Å². The molecular weight excluding hydrogens is 408 g/mol. The average Bonchev–Trinajstić information content (AvgIpc) is 3.19. The Labute approximate surface area is 187 Å². The number of carbonyl (C=O) groups excluding carboxylic acids is 1. The fourth-order valence-electron chi connectivity index (χ4n) is 3.44. The lowest BCUT2D eigenvalue weighted by molar-refractivity contribution is 0.102. The molecule has 0 aliphatic rings. The van der Waals surface area contributed by atoms with Crippen LogP contribution in [0, 0.1) is 13.8 Å². The molecule has 1 aromatic heterocycles. The number of amides is 1. The first-order chi connectivity index (χ1) is 14.9. The number of nitrogens with zero attached hydrogens (tertiary/aromatic N) is 1. The SMILES string of the molecule is CC[C@H](C)c1ccc2oc(-c3ccc(Cl)c(NC(=O)c4ccc(C)c(C)c4)c3)nc2c1. The fourth-order valence-corrected chi connectivity index (χ4v) is 3.61. The summed E-state index contributed by atoms with van der Waals surface area (Å²) in [5.74, 6) is 0.750. The van der Waals surface area contributed by atoms with E-state index in [9.17, 15) is 4.79 Å². The molecule has 5 heteroatoms. The van der Waals surface area contributed by atoms with Crippen LogP contribution in [0.3, 0.4) is 0 Å². The third-order valence-electron chi connectivity index (χ3n) is 5.82. The predicted molar refractivity (Wildman–Crippen MR) is 127 cm³/mol. The summed E-state index contributed by atoms with van der Waals surface area (Å²) in [6, 6.07) is 17.1. The summed E-state index contributed by atoms with van der Waals surface area (Å²) in [5.41, 5.74) is 6.86. The maximum Gasteiger partial charge on any atom is 0.255 e. The molecule has 0 bridgehead atoms. The van der Waals surface area contributed by atoms with Crippen molar-refractivity contribution in [2.24, 2.45) is 0 Å². The zero-order chi connectivity index (χ0) is 22.1. The van der Waals surface area contributed by atoms with E-state index in [1.165, 1.54) is 5.56 Å². The number of nitrogens with one attached hydrogen (secondary N) is 1. The highest BCUT2D eigenvalue weighted by molar-refractivity contribution is 6.34. The Morgan fingerprint density at radius 3 is 2.61 bits per heavy atom. The number of oxazole rings is 1. The second-order valence-electron chi connectivity index (χ2n) is 8.00. The molecule has 4 aromatic rings. The van der Waals surface area contributed by atoms with Gasteiger partial charge in [-0.05, 0) is 85.3 Å². The van der Waals surface area contributed by atoms with Gasteiger partial charge in [0, 0.05) is 11.1 Å². The monoisotopic (exact) mass is 432 g/mol. The van der Waals surface area contributed by atoms with Gasteiger partial charge in [0.15, 0.2) is 5.58 Å². The third kappa shape index (κ3) is 4.35.